The number of aromatic nitrogens is 2. The molecule has 0 aliphatic rings. The highest BCUT2D eigenvalue weighted by Gasteiger charge is 2.25. The molecule has 19 heavy (non-hydrogen) atoms. The van der Waals surface area contributed by atoms with E-state index in [0.29, 0.717) is 11.6 Å². The molecule has 104 valence electrons. The molecular weight excluding hydrogens is 336 g/mol. The number of rotatable bonds is 5. The number of aromatic amines is 1. The summed E-state index contributed by atoms with van der Waals surface area (Å²) >= 11 is 3.07. The van der Waals surface area contributed by atoms with Gasteiger partial charge in [-0.1, -0.05) is 0 Å². The van der Waals surface area contributed by atoms with E-state index >= 15 is 0 Å². The van der Waals surface area contributed by atoms with Crippen molar-refractivity contribution < 1.29 is 12.8 Å². The minimum absolute atomic E-state index is 0.0198. The Balaban J connectivity index is 2.25. The fourth-order valence-electron chi connectivity index (χ4n) is 1.55. The molecule has 2 aromatic rings. The summed E-state index contributed by atoms with van der Waals surface area (Å²) in [5, 5.41) is 0. The molecule has 0 amide bonds. The van der Waals surface area contributed by atoms with Gasteiger partial charge in [0.15, 0.2) is 4.67 Å². The highest BCUT2D eigenvalue weighted by molar-refractivity contribution is 9.10. The molecule has 0 radical (unpaired) electrons. The number of hydrogen-bond donors (Lipinski definition) is 3. The van der Waals surface area contributed by atoms with Crippen molar-refractivity contribution in [3.63, 3.8) is 0 Å². The van der Waals surface area contributed by atoms with Gasteiger partial charge in [0, 0.05) is 18.5 Å². The maximum absolute atomic E-state index is 12.2. The zero-order chi connectivity index (χ0) is 14.0. The van der Waals surface area contributed by atoms with Gasteiger partial charge in [-0.25, -0.2) is 18.1 Å². The summed E-state index contributed by atoms with van der Waals surface area (Å²) < 4.78 is 32.2. The van der Waals surface area contributed by atoms with Gasteiger partial charge in [0.2, 0.25) is 10.0 Å². The van der Waals surface area contributed by atoms with E-state index in [0.717, 1.165) is 0 Å². The van der Waals surface area contributed by atoms with Crippen molar-refractivity contribution in [2.45, 2.75) is 24.4 Å². The number of nitrogens with two attached hydrogens (primary N) is 1. The summed E-state index contributed by atoms with van der Waals surface area (Å²) in [4.78, 5) is 6.87. The van der Waals surface area contributed by atoms with E-state index in [1.807, 2.05) is 0 Å². The number of nitrogens with one attached hydrogen (secondary N) is 2. The summed E-state index contributed by atoms with van der Waals surface area (Å²) in [5.74, 6) is 0.917. The van der Waals surface area contributed by atoms with E-state index in [1.165, 1.54) is 6.07 Å². The van der Waals surface area contributed by atoms with E-state index in [2.05, 4.69) is 30.6 Å². The van der Waals surface area contributed by atoms with Crippen LogP contribution in [0.4, 0.5) is 0 Å². The summed E-state index contributed by atoms with van der Waals surface area (Å²) in [6.07, 6.45) is 3.18. The maximum Gasteiger partial charge on any atom is 0.245 e. The van der Waals surface area contributed by atoms with Crippen molar-refractivity contribution >= 4 is 26.0 Å². The van der Waals surface area contributed by atoms with Gasteiger partial charge in [-0.15, -0.1) is 0 Å². The van der Waals surface area contributed by atoms with Gasteiger partial charge in [0.1, 0.15) is 16.5 Å². The number of furan rings is 1. The molecule has 7 nitrogen and oxygen atoms in total. The van der Waals surface area contributed by atoms with Gasteiger partial charge in [0.05, 0.1) is 12.6 Å². The third-order valence-corrected chi connectivity index (χ3v) is 4.86. The Morgan fingerprint density at radius 1 is 1.63 bits per heavy atom. The molecule has 1 unspecified atom stereocenters. The Morgan fingerprint density at radius 2 is 2.37 bits per heavy atom. The fourth-order valence-corrected chi connectivity index (χ4v) is 3.75. The van der Waals surface area contributed by atoms with E-state index < -0.39 is 16.1 Å². The van der Waals surface area contributed by atoms with Crippen LogP contribution in [0.5, 0.6) is 0 Å². The Bertz CT molecular complexity index is 650. The number of hydrogen-bond acceptors (Lipinski definition) is 5. The van der Waals surface area contributed by atoms with Crippen LogP contribution in [-0.4, -0.2) is 18.4 Å². The molecule has 0 aliphatic carbocycles. The second-order valence-electron chi connectivity index (χ2n) is 3.87. The van der Waals surface area contributed by atoms with Crippen molar-refractivity contribution in [1.82, 2.24) is 14.7 Å². The largest absolute Gasteiger partial charge is 0.452 e. The normalized spacial score (nSPS) is 13.6. The lowest BCUT2D eigenvalue weighted by molar-refractivity contribution is 0.483. The molecule has 2 aromatic heterocycles. The Hall–Kier alpha value is -1.16. The van der Waals surface area contributed by atoms with Gasteiger partial charge < -0.3 is 15.1 Å². The highest BCUT2D eigenvalue weighted by Crippen LogP contribution is 2.26. The lowest BCUT2D eigenvalue weighted by Gasteiger charge is -2.10. The summed E-state index contributed by atoms with van der Waals surface area (Å²) in [6, 6.07) is 0.907. The van der Waals surface area contributed by atoms with Crippen molar-refractivity contribution in [3.05, 3.63) is 34.7 Å². The third-order valence-electron chi connectivity index (χ3n) is 2.46. The standard InChI is InChI=1S/C10H13BrN4O3S/c1-6(10-13-2-3-14-10)15-19(16,17)8-4-7(5-12)18-9(8)11/h2-4,6,15H,5,12H2,1H3,(H,13,14). The molecule has 9 heteroatoms. The Labute approximate surface area is 118 Å². The Kier molecular flexibility index (Phi) is 4.09. The van der Waals surface area contributed by atoms with Crippen LogP contribution >= 0.6 is 15.9 Å². The Morgan fingerprint density at radius 3 is 2.89 bits per heavy atom. The lowest BCUT2D eigenvalue weighted by Crippen LogP contribution is -2.27. The minimum Gasteiger partial charge on any atom is -0.452 e. The molecule has 2 heterocycles. The summed E-state index contributed by atoms with van der Waals surface area (Å²) in [5.41, 5.74) is 5.41. The first-order valence-corrected chi connectivity index (χ1v) is 7.71. The molecule has 0 saturated carbocycles. The van der Waals surface area contributed by atoms with Crippen LogP contribution in [0.25, 0.3) is 0 Å². The number of H-pyrrole nitrogens is 1. The summed E-state index contributed by atoms with van der Waals surface area (Å²) in [7, 11) is -3.71. The van der Waals surface area contributed by atoms with Crippen molar-refractivity contribution in [2.24, 2.45) is 5.73 Å². The second kappa shape index (κ2) is 5.45. The van der Waals surface area contributed by atoms with Crippen molar-refractivity contribution in [1.29, 1.82) is 0 Å². The van der Waals surface area contributed by atoms with Crippen LogP contribution in [0.2, 0.25) is 0 Å². The van der Waals surface area contributed by atoms with E-state index in [1.54, 1.807) is 19.3 Å². The van der Waals surface area contributed by atoms with Gasteiger partial charge >= 0.3 is 0 Å². The molecule has 0 aromatic carbocycles. The molecule has 0 saturated heterocycles. The molecule has 0 fully saturated rings. The quantitative estimate of drug-likeness (QED) is 0.752. The SMILES string of the molecule is CC(NS(=O)(=O)c1cc(CN)oc1Br)c1ncc[nH]1. The third kappa shape index (κ3) is 3.06. The molecule has 0 spiro atoms. The average molecular weight is 349 g/mol. The van der Waals surface area contributed by atoms with Crippen LogP contribution < -0.4 is 10.5 Å². The van der Waals surface area contributed by atoms with Crippen LogP contribution in [-0.2, 0) is 16.6 Å². The predicted molar refractivity (Wildman–Crippen MR) is 71.6 cm³/mol. The van der Waals surface area contributed by atoms with Crippen LogP contribution in [0.15, 0.2) is 32.4 Å². The fraction of sp³-hybridized carbons (Fsp3) is 0.300. The predicted octanol–water partition coefficient (Wildman–Crippen LogP) is 1.26. The maximum atomic E-state index is 12.2. The van der Waals surface area contributed by atoms with Gasteiger partial charge in [-0.3, -0.25) is 0 Å². The number of nitrogens with zero attached hydrogens (tertiary/aromatic N) is 1. The number of halogens is 1. The molecule has 2 rings (SSSR count). The van der Waals surface area contributed by atoms with Gasteiger partial charge in [-0.2, -0.15) is 0 Å². The van der Waals surface area contributed by atoms with E-state index in [-0.39, 0.29) is 16.1 Å². The molecule has 0 bridgehead atoms. The average Bonchev–Trinajstić information content (AvgIpc) is 2.96. The molecule has 1 atom stereocenters. The smallest absolute Gasteiger partial charge is 0.245 e. The van der Waals surface area contributed by atoms with Crippen molar-refractivity contribution in [2.75, 3.05) is 0 Å². The van der Waals surface area contributed by atoms with E-state index in [4.69, 9.17) is 10.2 Å². The molecule has 4 N–H and O–H groups in total. The zero-order valence-corrected chi connectivity index (χ0v) is 12.5. The van der Waals surface area contributed by atoms with Crippen LogP contribution in [0, 0.1) is 0 Å². The van der Waals surface area contributed by atoms with Gasteiger partial charge in [0.25, 0.3) is 0 Å². The monoisotopic (exact) mass is 348 g/mol. The molecular formula is C10H13BrN4O3S. The van der Waals surface area contributed by atoms with Crippen LogP contribution in [0.1, 0.15) is 24.6 Å². The van der Waals surface area contributed by atoms with Gasteiger partial charge in [-0.05, 0) is 22.9 Å². The zero-order valence-electron chi connectivity index (χ0n) is 10.1. The van der Waals surface area contributed by atoms with Crippen molar-refractivity contribution in [3.8, 4) is 0 Å². The second-order valence-corrected chi connectivity index (χ2v) is 6.27. The van der Waals surface area contributed by atoms with E-state index in [9.17, 15) is 8.42 Å². The topological polar surface area (TPSA) is 114 Å². The number of sulfonamides is 1. The molecule has 0 aliphatic heterocycles. The first-order valence-electron chi connectivity index (χ1n) is 5.44. The summed E-state index contributed by atoms with van der Waals surface area (Å²) in [6.45, 7) is 1.82. The first-order chi connectivity index (χ1) is 8.94. The first kappa shape index (κ1) is 14.3. The lowest BCUT2D eigenvalue weighted by atomic mass is 10.3. The number of imidazole rings is 1. The van der Waals surface area contributed by atoms with Crippen LogP contribution in [0.3, 0.4) is 0 Å². The highest BCUT2D eigenvalue weighted by atomic mass is 79.9. The minimum atomic E-state index is -3.71.